The van der Waals surface area contributed by atoms with Crippen LogP contribution in [-0.4, -0.2) is 37.6 Å². The lowest BCUT2D eigenvalue weighted by Gasteiger charge is -2.15. The summed E-state index contributed by atoms with van der Waals surface area (Å²) in [4.78, 5) is 22.3. The fraction of sp³-hybridized carbons (Fsp3) is 0.214. The molecule has 10 heteroatoms. The van der Waals surface area contributed by atoms with Gasteiger partial charge in [-0.2, -0.15) is 0 Å². The van der Waals surface area contributed by atoms with E-state index in [0.29, 0.717) is 11.3 Å². The summed E-state index contributed by atoms with van der Waals surface area (Å²) in [5.41, 5.74) is 0.983. The molecule has 1 aromatic carbocycles. The Morgan fingerprint density at radius 2 is 1.96 bits per heavy atom. The molecular weight excluding hydrogens is 354 g/mol. The first-order valence-electron chi connectivity index (χ1n) is 6.70. The van der Waals surface area contributed by atoms with Crippen LogP contribution in [0.25, 0.3) is 0 Å². The number of nitro groups is 1. The van der Waals surface area contributed by atoms with Gasteiger partial charge in [-0.1, -0.05) is 17.4 Å². The van der Waals surface area contributed by atoms with Crippen LogP contribution in [0, 0.1) is 17.0 Å². The third kappa shape index (κ3) is 3.61. The fourth-order valence-electron chi connectivity index (χ4n) is 1.90. The molecule has 1 N–H and O–H groups in total. The van der Waals surface area contributed by atoms with Crippen molar-refractivity contribution in [1.82, 2.24) is 4.31 Å². The van der Waals surface area contributed by atoms with Gasteiger partial charge in [0.15, 0.2) is 0 Å². The molecule has 1 amide bonds. The number of sulfonamides is 1. The molecule has 0 unspecified atom stereocenters. The van der Waals surface area contributed by atoms with Crippen LogP contribution in [0.2, 0.25) is 0 Å². The highest BCUT2D eigenvalue weighted by atomic mass is 32.2. The van der Waals surface area contributed by atoms with Crippen LogP contribution in [-0.2, 0) is 10.0 Å². The SMILES string of the molecule is Cc1ccc(NC(=O)c2csc([N+](=O)[O-])c2)cc1S(=O)(=O)N(C)C. The van der Waals surface area contributed by atoms with Crippen molar-refractivity contribution in [2.24, 2.45) is 0 Å². The number of aryl methyl sites for hydroxylation is 1. The molecule has 24 heavy (non-hydrogen) atoms. The van der Waals surface area contributed by atoms with Crippen molar-refractivity contribution in [3.05, 3.63) is 50.9 Å². The molecule has 0 saturated carbocycles. The number of hydrogen-bond donors (Lipinski definition) is 1. The summed E-state index contributed by atoms with van der Waals surface area (Å²) < 4.78 is 25.6. The van der Waals surface area contributed by atoms with Gasteiger partial charge in [-0.15, -0.1) is 0 Å². The number of carbonyl (C=O) groups is 1. The molecule has 0 aliphatic heterocycles. The second kappa shape index (κ2) is 6.67. The Hall–Kier alpha value is -2.30. The van der Waals surface area contributed by atoms with Crippen LogP contribution >= 0.6 is 11.3 Å². The number of rotatable bonds is 5. The lowest BCUT2D eigenvalue weighted by molar-refractivity contribution is -0.380. The summed E-state index contributed by atoms with van der Waals surface area (Å²) in [5.74, 6) is -0.545. The highest BCUT2D eigenvalue weighted by Gasteiger charge is 2.21. The van der Waals surface area contributed by atoms with E-state index in [4.69, 9.17) is 0 Å². The summed E-state index contributed by atoms with van der Waals surface area (Å²) in [6.07, 6.45) is 0. The molecule has 0 atom stereocenters. The molecule has 0 radical (unpaired) electrons. The van der Waals surface area contributed by atoms with E-state index >= 15 is 0 Å². The van der Waals surface area contributed by atoms with Gasteiger partial charge < -0.3 is 5.32 Å². The Balaban J connectivity index is 2.30. The Kier molecular flexibility index (Phi) is 5.02. The summed E-state index contributed by atoms with van der Waals surface area (Å²) in [5, 5.41) is 14.5. The van der Waals surface area contributed by atoms with Crippen molar-refractivity contribution >= 4 is 38.0 Å². The molecule has 0 aliphatic carbocycles. The van der Waals surface area contributed by atoms with E-state index in [9.17, 15) is 23.3 Å². The fourth-order valence-corrected chi connectivity index (χ4v) is 3.74. The predicted octanol–water partition coefficient (Wildman–Crippen LogP) is 2.47. The largest absolute Gasteiger partial charge is 0.324 e. The normalized spacial score (nSPS) is 11.5. The van der Waals surface area contributed by atoms with E-state index in [1.54, 1.807) is 19.1 Å². The molecule has 1 heterocycles. The van der Waals surface area contributed by atoms with Crippen LogP contribution in [0.5, 0.6) is 0 Å². The maximum absolute atomic E-state index is 12.3. The topological polar surface area (TPSA) is 110 Å². The highest BCUT2D eigenvalue weighted by Crippen LogP contribution is 2.25. The highest BCUT2D eigenvalue weighted by molar-refractivity contribution is 7.89. The van der Waals surface area contributed by atoms with Gasteiger partial charge in [0, 0.05) is 31.2 Å². The maximum atomic E-state index is 12.3. The number of thiophene rings is 1. The second-order valence-corrected chi connectivity index (χ2v) is 8.16. The Bertz CT molecular complexity index is 903. The number of benzene rings is 1. The van der Waals surface area contributed by atoms with Crippen LogP contribution in [0.15, 0.2) is 34.5 Å². The zero-order valence-electron chi connectivity index (χ0n) is 13.1. The Labute approximate surface area is 142 Å². The summed E-state index contributed by atoms with van der Waals surface area (Å²) in [6, 6.07) is 5.69. The number of nitrogens with one attached hydrogen (secondary N) is 1. The molecule has 2 rings (SSSR count). The maximum Gasteiger partial charge on any atom is 0.324 e. The Morgan fingerprint density at radius 1 is 1.29 bits per heavy atom. The third-order valence-corrected chi connectivity index (χ3v) is 6.07. The lowest BCUT2D eigenvalue weighted by atomic mass is 10.2. The molecule has 0 saturated heterocycles. The van der Waals surface area contributed by atoms with E-state index < -0.39 is 20.9 Å². The van der Waals surface area contributed by atoms with Crippen molar-refractivity contribution in [2.45, 2.75) is 11.8 Å². The standard InChI is InChI=1S/C14H15N3O5S2/c1-9-4-5-11(7-12(9)24(21,22)16(2)3)15-14(18)10-6-13(17(19)20)23-8-10/h4-8H,1-3H3,(H,15,18). The van der Waals surface area contributed by atoms with Gasteiger partial charge in [0.25, 0.3) is 5.91 Å². The van der Waals surface area contributed by atoms with Crippen LogP contribution < -0.4 is 5.32 Å². The summed E-state index contributed by atoms with van der Waals surface area (Å²) >= 11 is 0.848. The lowest BCUT2D eigenvalue weighted by Crippen LogP contribution is -2.23. The second-order valence-electron chi connectivity index (χ2n) is 5.15. The van der Waals surface area contributed by atoms with Gasteiger partial charge in [-0.25, -0.2) is 12.7 Å². The molecule has 128 valence electrons. The van der Waals surface area contributed by atoms with Gasteiger partial charge in [0.05, 0.1) is 15.4 Å². The molecule has 2 aromatic rings. The molecule has 0 fully saturated rings. The van der Waals surface area contributed by atoms with E-state index in [1.165, 1.54) is 31.6 Å². The average Bonchev–Trinajstić information content (AvgIpc) is 2.99. The monoisotopic (exact) mass is 369 g/mol. The quantitative estimate of drug-likeness (QED) is 0.643. The molecular formula is C14H15N3O5S2. The van der Waals surface area contributed by atoms with E-state index in [-0.39, 0.29) is 15.5 Å². The number of nitrogens with zero attached hydrogens (tertiary/aromatic N) is 2. The smallest absolute Gasteiger partial charge is 0.322 e. The number of carbonyl (C=O) groups excluding carboxylic acids is 1. The molecule has 1 aromatic heterocycles. The average molecular weight is 369 g/mol. The van der Waals surface area contributed by atoms with E-state index in [0.717, 1.165) is 15.6 Å². The first-order chi connectivity index (χ1) is 11.1. The predicted molar refractivity (Wildman–Crippen MR) is 91.0 cm³/mol. The molecule has 8 nitrogen and oxygen atoms in total. The first-order valence-corrected chi connectivity index (χ1v) is 9.02. The van der Waals surface area contributed by atoms with Gasteiger partial charge in [0.2, 0.25) is 10.0 Å². The van der Waals surface area contributed by atoms with Gasteiger partial charge in [0.1, 0.15) is 0 Å². The Morgan fingerprint density at radius 3 is 2.50 bits per heavy atom. The first kappa shape index (κ1) is 18.0. The van der Waals surface area contributed by atoms with Crippen LogP contribution in [0.3, 0.4) is 0 Å². The minimum atomic E-state index is -3.64. The zero-order valence-corrected chi connectivity index (χ0v) is 14.8. The van der Waals surface area contributed by atoms with E-state index in [1.807, 2.05) is 0 Å². The summed E-state index contributed by atoms with van der Waals surface area (Å²) in [6.45, 7) is 1.66. The number of amides is 1. The van der Waals surface area contributed by atoms with Crippen LogP contribution in [0.4, 0.5) is 10.7 Å². The van der Waals surface area contributed by atoms with Crippen molar-refractivity contribution in [2.75, 3.05) is 19.4 Å². The molecule has 0 aliphatic rings. The van der Waals surface area contributed by atoms with Crippen molar-refractivity contribution < 1.29 is 18.1 Å². The minimum Gasteiger partial charge on any atom is -0.322 e. The third-order valence-electron chi connectivity index (χ3n) is 3.23. The van der Waals surface area contributed by atoms with E-state index in [2.05, 4.69) is 5.32 Å². The number of hydrogen-bond acceptors (Lipinski definition) is 6. The number of anilines is 1. The van der Waals surface area contributed by atoms with Crippen molar-refractivity contribution in [1.29, 1.82) is 0 Å². The van der Waals surface area contributed by atoms with Gasteiger partial charge in [-0.05, 0) is 24.6 Å². The minimum absolute atomic E-state index is 0.0848. The zero-order chi connectivity index (χ0) is 18.1. The van der Waals surface area contributed by atoms with Crippen molar-refractivity contribution in [3.8, 4) is 0 Å². The molecule has 0 bridgehead atoms. The van der Waals surface area contributed by atoms with Gasteiger partial charge in [-0.3, -0.25) is 14.9 Å². The summed E-state index contributed by atoms with van der Waals surface area (Å²) in [7, 11) is -0.801. The van der Waals surface area contributed by atoms with Crippen LogP contribution in [0.1, 0.15) is 15.9 Å². The van der Waals surface area contributed by atoms with Crippen molar-refractivity contribution in [3.63, 3.8) is 0 Å². The van der Waals surface area contributed by atoms with Gasteiger partial charge >= 0.3 is 5.00 Å². The molecule has 0 spiro atoms.